The Labute approximate surface area is 150 Å². The van der Waals surface area contributed by atoms with Crippen LogP contribution in [0.3, 0.4) is 0 Å². The van der Waals surface area contributed by atoms with E-state index >= 15 is 0 Å². The van der Waals surface area contributed by atoms with Crippen molar-refractivity contribution < 1.29 is 9.53 Å². The summed E-state index contributed by atoms with van der Waals surface area (Å²) in [7, 11) is 0. The molecule has 0 saturated heterocycles. The van der Waals surface area contributed by atoms with Crippen molar-refractivity contribution in [1.29, 1.82) is 0 Å². The fourth-order valence-corrected chi connectivity index (χ4v) is 2.67. The number of aromatic nitrogens is 1. The van der Waals surface area contributed by atoms with Gasteiger partial charge in [-0.3, -0.25) is 0 Å². The molecule has 2 aromatic rings. The zero-order chi connectivity index (χ0) is 18.1. The molecule has 2 rings (SSSR count). The first-order valence-electron chi connectivity index (χ1n) is 8.89. The highest BCUT2D eigenvalue weighted by atomic mass is 16.5. The second kappa shape index (κ2) is 9.89. The molecule has 2 N–H and O–H groups in total. The molecule has 0 radical (unpaired) electrons. The molecule has 2 amide bonds. The van der Waals surface area contributed by atoms with Crippen LogP contribution in [-0.4, -0.2) is 30.4 Å². The summed E-state index contributed by atoms with van der Waals surface area (Å²) in [6.07, 6.45) is 2.88. The number of hydrogen-bond donors (Lipinski definition) is 2. The number of carbonyl (C=O) groups excluding carboxylic acids is 1. The molecule has 0 aliphatic heterocycles. The minimum atomic E-state index is -0.143. The largest absolute Gasteiger partial charge is 0.382 e. The molecule has 0 aliphatic carbocycles. The Balaban J connectivity index is 1.83. The quantitative estimate of drug-likeness (QED) is 0.686. The maximum atomic E-state index is 11.9. The van der Waals surface area contributed by atoms with Gasteiger partial charge in [0.25, 0.3) is 0 Å². The molecular weight excluding hydrogens is 314 g/mol. The van der Waals surface area contributed by atoms with Crippen LogP contribution in [0.5, 0.6) is 0 Å². The minimum Gasteiger partial charge on any atom is -0.382 e. The van der Waals surface area contributed by atoms with Gasteiger partial charge in [-0.25, -0.2) is 4.79 Å². The van der Waals surface area contributed by atoms with Gasteiger partial charge in [-0.2, -0.15) is 0 Å². The van der Waals surface area contributed by atoms with Crippen LogP contribution < -0.4 is 10.6 Å². The van der Waals surface area contributed by atoms with Crippen LogP contribution in [-0.2, 0) is 17.8 Å². The lowest BCUT2D eigenvalue weighted by Crippen LogP contribution is -2.36. The van der Waals surface area contributed by atoms with Crippen LogP contribution >= 0.6 is 0 Å². The normalized spacial score (nSPS) is 10.7. The number of urea groups is 1. The molecule has 1 aromatic heterocycles. The third-order valence-corrected chi connectivity index (χ3v) is 4.15. The Bertz CT molecular complexity index is 679. The zero-order valence-electron chi connectivity index (χ0n) is 15.5. The summed E-state index contributed by atoms with van der Waals surface area (Å²) in [6.45, 7) is 9.54. The van der Waals surface area contributed by atoms with Gasteiger partial charge in [0.05, 0.1) is 6.54 Å². The van der Waals surface area contributed by atoms with Crippen molar-refractivity contribution in [1.82, 2.24) is 15.2 Å². The van der Waals surface area contributed by atoms with Crippen LogP contribution in [0.15, 0.2) is 36.5 Å². The fourth-order valence-electron chi connectivity index (χ4n) is 2.67. The van der Waals surface area contributed by atoms with Gasteiger partial charge in [0, 0.05) is 38.2 Å². The van der Waals surface area contributed by atoms with Crippen molar-refractivity contribution in [3.8, 4) is 0 Å². The summed E-state index contributed by atoms with van der Waals surface area (Å²) in [4.78, 5) is 11.9. The first-order chi connectivity index (χ1) is 12.1. The van der Waals surface area contributed by atoms with Crippen LogP contribution in [0.4, 0.5) is 4.79 Å². The first-order valence-corrected chi connectivity index (χ1v) is 8.89. The molecule has 0 bridgehead atoms. The van der Waals surface area contributed by atoms with E-state index in [1.54, 1.807) is 0 Å². The molecule has 25 heavy (non-hydrogen) atoms. The Morgan fingerprint density at radius 3 is 2.84 bits per heavy atom. The number of carbonyl (C=O) groups is 1. The van der Waals surface area contributed by atoms with Crippen LogP contribution in [0.2, 0.25) is 0 Å². The Morgan fingerprint density at radius 2 is 2.04 bits per heavy atom. The first kappa shape index (κ1) is 19.1. The van der Waals surface area contributed by atoms with E-state index in [-0.39, 0.29) is 6.03 Å². The molecule has 0 aliphatic rings. The van der Waals surface area contributed by atoms with E-state index in [1.807, 2.05) is 19.1 Å². The van der Waals surface area contributed by atoms with Gasteiger partial charge >= 0.3 is 6.03 Å². The monoisotopic (exact) mass is 343 g/mol. The van der Waals surface area contributed by atoms with E-state index < -0.39 is 0 Å². The minimum absolute atomic E-state index is 0.143. The number of nitrogens with one attached hydrogen (secondary N) is 2. The highest BCUT2D eigenvalue weighted by molar-refractivity contribution is 5.73. The highest BCUT2D eigenvalue weighted by Gasteiger charge is 2.06. The number of nitrogens with zero attached hydrogens (tertiary/aromatic N) is 1. The molecule has 136 valence electrons. The van der Waals surface area contributed by atoms with E-state index in [1.165, 1.54) is 16.7 Å². The van der Waals surface area contributed by atoms with Gasteiger partial charge in [0.2, 0.25) is 0 Å². The molecular formula is C20H29N3O2. The standard InChI is InChI=1S/C20H29N3O2/c1-4-25-12-6-10-21-20(24)22-14-19-7-5-11-23(19)15-18-13-16(2)8-9-17(18)3/h5,7-9,11,13H,4,6,10,12,14-15H2,1-3H3,(H2,21,22,24). The third-order valence-electron chi connectivity index (χ3n) is 4.15. The molecule has 0 saturated carbocycles. The number of aryl methyl sites for hydroxylation is 2. The van der Waals surface area contributed by atoms with Gasteiger partial charge in [-0.15, -0.1) is 0 Å². The summed E-state index contributed by atoms with van der Waals surface area (Å²) < 4.78 is 7.43. The van der Waals surface area contributed by atoms with Gasteiger partial charge < -0.3 is 19.9 Å². The van der Waals surface area contributed by atoms with Crippen molar-refractivity contribution >= 4 is 6.03 Å². The zero-order valence-corrected chi connectivity index (χ0v) is 15.5. The van der Waals surface area contributed by atoms with Gasteiger partial charge in [-0.05, 0) is 50.5 Å². The highest BCUT2D eigenvalue weighted by Crippen LogP contribution is 2.14. The lowest BCUT2D eigenvalue weighted by molar-refractivity contribution is 0.145. The van der Waals surface area contributed by atoms with Crippen LogP contribution in [0.25, 0.3) is 0 Å². The molecule has 1 heterocycles. The number of ether oxygens (including phenoxy) is 1. The SMILES string of the molecule is CCOCCCNC(=O)NCc1cccn1Cc1cc(C)ccc1C. The molecule has 0 spiro atoms. The molecule has 0 fully saturated rings. The second-order valence-corrected chi connectivity index (χ2v) is 6.22. The number of hydrogen-bond acceptors (Lipinski definition) is 2. The number of rotatable bonds is 9. The van der Waals surface area contributed by atoms with Gasteiger partial charge in [0.1, 0.15) is 0 Å². The summed E-state index contributed by atoms with van der Waals surface area (Å²) >= 11 is 0. The predicted octanol–water partition coefficient (Wildman–Crippen LogP) is 3.38. The van der Waals surface area contributed by atoms with Crippen LogP contribution in [0, 0.1) is 13.8 Å². The van der Waals surface area contributed by atoms with Crippen molar-refractivity contribution in [2.75, 3.05) is 19.8 Å². The molecule has 5 nitrogen and oxygen atoms in total. The molecule has 0 unspecified atom stereocenters. The summed E-state index contributed by atoms with van der Waals surface area (Å²) in [5.41, 5.74) is 4.94. The third kappa shape index (κ3) is 6.27. The van der Waals surface area contributed by atoms with Gasteiger partial charge in [-0.1, -0.05) is 23.8 Å². The topological polar surface area (TPSA) is 55.3 Å². The van der Waals surface area contributed by atoms with Crippen molar-refractivity contribution in [3.63, 3.8) is 0 Å². The fraction of sp³-hybridized carbons (Fsp3) is 0.450. The van der Waals surface area contributed by atoms with Crippen LogP contribution in [0.1, 0.15) is 35.7 Å². The van der Waals surface area contributed by atoms with E-state index in [0.717, 1.165) is 18.7 Å². The molecule has 1 aromatic carbocycles. The average molecular weight is 343 g/mol. The molecule has 5 heteroatoms. The van der Waals surface area contributed by atoms with E-state index in [9.17, 15) is 4.79 Å². The smallest absolute Gasteiger partial charge is 0.315 e. The Hall–Kier alpha value is -2.27. The lowest BCUT2D eigenvalue weighted by atomic mass is 10.1. The van der Waals surface area contributed by atoms with E-state index in [0.29, 0.717) is 26.3 Å². The summed E-state index contributed by atoms with van der Waals surface area (Å²) in [5.74, 6) is 0. The van der Waals surface area contributed by atoms with E-state index in [2.05, 4.69) is 53.4 Å². The lowest BCUT2D eigenvalue weighted by Gasteiger charge is -2.13. The maximum absolute atomic E-state index is 11.9. The average Bonchev–Trinajstić information content (AvgIpc) is 3.03. The predicted molar refractivity (Wildman–Crippen MR) is 101 cm³/mol. The van der Waals surface area contributed by atoms with Gasteiger partial charge in [0.15, 0.2) is 0 Å². The van der Waals surface area contributed by atoms with Crippen molar-refractivity contribution in [3.05, 3.63) is 58.9 Å². The summed E-state index contributed by atoms with van der Waals surface area (Å²) in [6, 6.07) is 10.4. The summed E-state index contributed by atoms with van der Waals surface area (Å²) in [5, 5.41) is 5.77. The number of amides is 2. The molecule has 0 atom stereocenters. The van der Waals surface area contributed by atoms with E-state index in [4.69, 9.17) is 4.74 Å². The van der Waals surface area contributed by atoms with Crippen molar-refractivity contribution in [2.24, 2.45) is 0 Å². The van der Waals surface area contributed by atoms with Crippen molar-refractivity contribution in [2.45, 2.75) is 40.3 Å². The number of benzene rings is 1. The Kier molecular flexibility index (Phi) is 7.54. The maximum Gasteiger partial charge on any atom is 0.315 e. The second-order valence-electron chi connectivity index (χ2n) is 6.22. The Morgan fingerprint density at radius 1 is 1.20 bits per heavy atom.